The SMILES string of the molecule is CC(C)CS(=O)(=O)N1CCC[C@]2(C(=O)N(C)C)CN(Cc3cnn(C)c3)C[C@@H]2C1. The molecule has 1 amide bonds. The van der Waals surface area contributed by atoms with E-state index in [-0.39, 0.29) is 23.5 Å². The fourth-order valence-corrected chi connectivity index (χ4v) is 6.88. The molecule has 2 saturated heterocycles. The Hall–Kier alpha value is -1.45. The number of hydrogen-bond acceptors (Lipinski definition) is 5. The molecule has 0 unspecified atom stereocenters. The lowest BCUT2D eigenvalue weighted by molar-refractivity contribution is -0.141. The van der Waals surface area contributed by atoms with Gasteiger partial charge in [0.25, 0.3) is 0 Å². The highest BCUT2D eigenvalue weighted by molar-refractivity contribution is 7.89. The summed E-state index contributed by atoms with van der Waals surface area (Å²) in [5, 5.41) is 4.24. The van der Waals surface area contributed by atoms with Gasteiger partial charge in [0.15, 0.2) is 0 Å². The fraction of sp³-hybridized carbons (Fsp3) is 0.800. The van der Waals surface area contributed by atoms with Crippen molar-refractivity contribution in [3.63, 3.8) is 0 Å². The molecule has 9 heteroatoms. The van der Waals surface area contributed by atoms with Gasteiger partial charge in [-0.25, -0.2) is 12.7 Å². The molecule has 0 spiro atoms. The van der Waals surface area contributed by atoms with E-state index in [0.29, 0.717) is 26.1 Å². The van der Waals surface area contributed by atoms with Crippen LogP contribution < -0.4 is 0 Å². The maximum Gasteiger partial charge on any atom is 0.229 e. The molecular weight excluding hydrogens is 390 g/mol. The van der Waals surface area contributed by atoms with Crippen LogP contribution >= 0.6 is 0 Å². The van der Waals surface area contributed by atoms with Gasteiger partial charge in [-0.15, -0.1) is 0 Å². The number of fused-ring (bicyclic) bond motifs is 1. The molecule has 0 aliphatic carbocycles. The van der Waals surface area contributed by atoms with Gasteiger partial charge in [-0.3, -0.25) is 14.4 Å². The average molecular weight is 426 g/mol. The number of sulfonamides is 1. The van der Waals surface area contributed by atoms with Crippen LogP contribution in [0.5, 0.6) is 0 Å². The van der Waals surface area contributed by atoms with Gasteiger partial charge in [-0.2, -0.15) is 5.10 Å². The third-order valence-electron chi connectivity index (χ3n) is 6.15. The molecule has 2 aliphatic rings. The Bertz CT molecular complexity index is 835. The molecule has 3 rings (SSSR count). The molecule has 164 valence electrons. The maximum absolute atomic E-state index is 13.3. The van der Waals surface area contributed by atoms with E-state index >= 15 is 0 Å². The van der Waals surface area contributed by atoms with Gasteiger partial charge < -0.3 is 4.90 Å². The molecule has 2 atom stereocenters. The second-order valence-corrected chi connectivity index (χ2v) is 11.4. The van der Waals surface area contributed by atoms with E-state index in [4.69, 9.17) is 0 Å². The van der Waals surface area contributed by atoms with E-state index in [1.165, 1.54) is 0 Å². The Morgan fingerprint density at radius 1 is 1.34 bits per heavy atom. The Labute approximate surface area is 174 Å². The highest BCUT2D eigenvalue weighted by Crippen LogP contribution is 2.44. The van der Waals surface area contributed by atoms with E-state index < -0.39 is 15.4 Å². The predicted octanol–water partition coefficient (Wildman–Crippen LogP) is 1.01. The summed E-state index contributed by atoms with van der Waals surface area (Å²) in [5.74, 6) is 0.369. The number of amides is 1. The lowest BCUT2D eigenvalue weighted by atomic mass is 9.74. The number of likely N-dealkylation sites (tertiary alicyclic amines) is 1. The van der Waals surface area contributed by atoms with Crippen molar-refractivity contribution in [1.29, 1.82) is 0 Å². The number of hydrogen-bond donors (Lipinski definition) is 0. The van der Waals surface area contributed by atoms with E-state index in [1.807, 2.05) is 33.3 Å². The minimum atomic E-state index is -3.31. The number of carbonyl (C=O) groups excluding carboxylic acids is 1. The Morgan fingerprint density at radius 2 is 2.07 bits per heavy atom. The molecule has 0 bridgehead atoms. The third-order valence-corrected chi connectivity index (χ3v) is 8.36. The number of aromatic nitrogens is 2. The van der Waals surface area contributed by atoms with Crippen molar-refractivity contribution in [2.75, 3.05) is 46.0 Å². The van der Waals surface area contributed by atoms with Gasteiger partial charge in [-0.05, 0) is 18.8 Å². The minimum Gasteiger partial charge on any atom is -0.348 e. The van der Waals surface area contributed by atoms with Crippen LogP contribution in [-0.4, -0.2) is 84.2 Å². The van der Waals surface area contributed by atoms with E-state index in [0.717, 1.165) is 25.1 Å². The summed E-state index contributed by atoms with van der Waals surface area (Å²) in [6.07, 6.45) is 5.29. The highest BCUT2D eigenvalue weighted by Gasteiger charge is 2.54. The summed E-state index contributed by atoms with van der Waals surface area (Å²) in [7, 11) is 2.18. The molecule has 1 aromatic heterocycles. The van der Waals surface area contributed by atoms with Crippen molar-refractivity contribution in [2.24, 2.45) is 24.3 Å². The molecule has 0 aromatic carbocycles. The molecule has 3 heterocycles. The van der Waals surface area contributed by atoms with Crippen molar-refractivity contribution in [1.82, 2.24) is 23.9 Å². The molecule has 8 nitrogen and oxygen atoms in total. The first-order valence-electron chi connectivity index (χ1n) is 10.4. The Balaban J connectivity index is 1.86. The second-order valence-electron chi connectivity index (χ2n) is 9.38. The van der Waals surface area contributed by atoms with Crippen LogP contribution in [0, 0.1) is 17.3 Å². The Kier molecular flexibility index (Phi) is 6.41. The smallest absolute Gasteiger partial charge is 0.229 e. The lowest BCUT2D eigenvalue weighted by Crippen LogP contribution is -2.47. The molecule has 29 heavy (non-hydrogen) atoms. The molecule has 2 aliphatic heterocycles. The van der Waals surface area contributed by atoms with Crippen LogP contribution in [0.4, 0.5) is 0 Å². The van der Waals surface area contributed by atoms with Crippen molar-refractivity contribution < 1.29 is 13.2 Å². The molecule has 0 N–H and O–H groups in total. The van der Waals surface area contributed by atoms with Crippen LogP contribution in [0.1, 0.15) is 32.3 Å². The van der Waals surface area contributed by atoms with Gasteiger partial charge in [0.1, 0.15) is 0 Å². The zero-order chi connectivity index (χ0) is 21.4. The summed E-state index contributed by atoms with van der Waals surface area (Å²) >= 11 is 0. The van der Waals surface area contributed by atoms with Gasteiger partial charge in [0, 0.05) is 71.5 Å². The summed E-state index contributed by atoms with van der Waals surface area (Å²) in [6.45, 7) is 6.92. The standard InChI is InChI=1S/C20H35N5O3S/c1-16(2)14-29(27,28)25-8-6-7-20(19(26)22(3)4)15-24(12-18(20)13-25)11-17-9-21-23(5)10-17/h9-10,16,18H,6-8,11-15H2,1-5H3/t18-,20+/m1/s1. The molecule has 0 radical (unpaired) electrons. The summed E-state index contributed by atoms with van der Waals surface area (Å²) in [4.78, 5) is 17.3. The Morgan fingerprint density at radius 3 is 2.66 bits per heavy atom. The number of rotatable bonds is 6. The molecular formula is C20H35N5O3S. The predicted molar refractivity (Wildman–Crippen MR) is 113 cm³/mol. The van der Waals surface area contributed by atoms with Gasteiger partial charge >= 0.3 is 0 Å². The highest BCUT2D eigenvalue weighted by atomic mass is 32.2. The summed E-state index contributed by atoms with van der Waals surface area (Å²) in [6, 6.07) is 0. The quantitative estimate of drug-likeness (QED) is 0.680. The summed E-state index contributed by atoms with van der Waals surface area (Å²) in [5.41, 5.74) is 0.592. The van der Waals surface area contributed by atoms with E-state index in [2.05, 4.69) is 10.00 Å². The van der Waals surface area contributed by atoms with Crippen LogP contribution in [0.15, 0.2) is 12.4 Å². The number of aryl methyl sites for hydroxylation is 1. The van der Waals surface area contributed by atoms with Gasteiger partial charge in [0.2, 0.25) is 15.9 Å². The first-order chi connectivity index (χ1) is 13.5. The van der Waals surface area contributed by atoms with Crippen molar-refractivity contribution >= 4 is 15.9 Å². The van der Waals surface area contributed by atoms with Crippen molar-refractivity contribution in [3.05, 3.63) is 18.0 Å². The minimum absolute atomic E-state index is 0.00138. The lowest BCUT2D eigenvalue weighted by Gasteiger charge is -2.35. The van der Waals surface area contributed by atoms with Crippen LogP contribution in [0.25, 0.3) is 0 Å². The normalized spacial score (nSPS) is 26.5. The monoisotopic (exact) mass is 425 g/mol. The number of nitrogens with zero attached hydrogens (tertiary/aromatic N) is 5. The first-order valence-corrected chi connectivity index (χ1v) is 12.0. The topological polar surface area (TPSA) is 78.8 Å². The molecule has 0 saturated carbocycles. The third kappa shape index (κ3) is 4.67. The summed E-state index contributed by atoms with van der Waals surface area (Å²) < 4.78 is 29.3. The molecule has 2 fully saturated rings. The fourth-order valence-electron chi connectivity index (χ4n) is 5.01. The van der Waals surface area contributed by atoms with E-state index in [9.17, 15) is 13.2 Å². The van der Waals surface area contributed by atoms with Crippen molar-refractivity contribution in [3.8, 4) is 0 Å². The van der Waals surface area contributed by atoms with Crippen LogP contribution in [0.3, 0.4) is 0 Å². The van der Waals surface area contributed by atoms with E-state index in [1.54, 1.807) is 28.0 Å². The van der Waals surface area contributed by atoms with Gasteiger partial charge in [-0.1, -0.05) is 13.8 Å². The van der Waals surface area contributed by atoms with Crippen LogP contribution in [-0.2, 0) is 28.4 Å². The average Bonchev–Trinajstić information content (AvgIpc) is 3.11. The van der Waals surface area contributed by atoms with Crippen molar-refractivity contribution in [2.45, 2.75) is 33.2 Å². The zero-order valence-corrected chi connectivity index (χ0v) is 19.2. The maximum atomic E-state index is 13.3. The first kappa shape index (κ1) is 22.2. The number of carbonyl (C=O) groups is 1. The molecule has 1 aromatic rings. The zero-order valence-electron chi connectivity index (χ0n) is 18.3. The largest absolute Gasteiger partial charge is 0.348 e. The van der Waals surface area contributed by atoms with Crippen LogP contribution in [0.2, 0.25) is 0 Å². The van der Waals surface area contributed by atoms with Gasteiger partial charge in [0.05, 0.1) is 17.4 Å². The second kappa shape index (κ2) is 8.35.